The van der Waals surface area contributed by atoms with Crippen LogP contribution in [0.5, 0.6) is 0 Å². The first-order valence-electron chi connectivity index (χ1n) is 6.15. The number of rotatable bonds is 4. The fourth-order valence-corrected chi connectivity index (χ4v) is 4.21. The van der Waals surface area contributed by atoms with Crippen LogP contribution in [0.4, 0.5) is 5.69 Å². The van der Waals surface area contributed by atoms with Gasteiger partial charge in [-0.2, -0.15) is 0 Å². The van der Waals surface area contributed by atoms with Crippen molar-refractivity contribution in [3.05, 3.63) is 63.6 Å². The Morgan fingerprint density at radius 3 is 2.45 bits per heavy atom. The van der Waals surface area contributed by atoms with Crippen molar-refractivity contribution in [2.75, 3.05) is 5.73 Å². The summed E-state index contributed by atoms with van der Waals surface area (Å²) in [5.74, 6) is 0.0388. The van der Waals surface area contributed by atoms with Crippen LogP contribution in [-0.4, -0.2) is 8.42 Å². The fraction of sp³-hybridized carbons (Fsp3) is 0.200. The van der Waals surface area contributed by atoms with E-state index < -0.39 is 9.84 Å². The van der Waals surface area contributed by atoms with E-state index in [4.69, 9.17) is 5.73 Å². The van der Waals surface area contributed by atoms with Crippen molar-refractivity contribution in [3.63, 3.8) is 0 Å². The topological polar surface area (TPSA) is 60.2 Å². The van der Waals surface area contributed by atoms with E-state index in [1.54, 1.807) is 18.2 Å². The average Bonchev–Trinajstić information content (AvgIpc) is 2.29. The Labute approximate surface area is 127 Å². The molecule has 0 radical (unpaired) electrons. The van der Waals surface area contributed by atoms with Gasteiger partial charge in [0.05, 0.1) is 11.5 Å². The minimum Gasteiger partial charge on any atom is -0.399 e. The van der Waals surface area contributed by atoms with E-state index in [0.29, 0.717) is 11.3 Å². The fourth-order valence-electron chi connectivity index (χ4n) is 2.07. The molecule has 2 aromatic carbocycles. The van der Waals surface area contributed by atoms with E-state index in [0.717, 1.165) is 15.6 Å². The molecular formula is C15H16BrNO2S. The number of hydrogen-bond donors (Lipinski definition) is 1. The van der Waals surface area contributed by atoms with Gasteiger partial charge >= 0.3 is 0 Å². The first kappa shape index (κ1) is 15.1. The second kappa shape index (κ2) is 5.97. The van der Waals surface area contributed by atoms with Crippen LogP contribution in [0.25, 0.3) is 0 Å². The predicted octanol–water partition coefficient (Wildman–Crippen LogP) is 3.45. The van der Waals surface area contributed by atoms with Crippen molar-refractivity contribution in [1.82, 2.24) is 0 Å². The highest BCUT2D eigenvalue weighted by molar-refractivity contribution is 9.10. The summed E-state index contributed by atoms with van der Waals surface area (Å²) in [5.41, 5.74) is 8.82. The molecule has 2 N–H and O–H groups in total. The highest BCUT2D eigenvalue weighted by atomic mass is 79.9. The molecule has 3 nitrogen and oxygen atoms in total. The van der Waals surface area contributed by atoms with Gasteiger partial charge in [-0.15, -0.1) is 0 Å². The van der Waals surface area contributed by atoms with Crippen molar-refractivity contribution in [1.29, 1.82) is 0 Å². The van der Waals surface area contributed by atoms with Crippen molar-refractivity contribution >= 4 is 31.5 Å². The zero-order valence-electron chi connectivity index (χ0n) is 11.1. The van der Waals surface area contributed by atoms with Gasteiger partial charge in [0.1, 0.15) is 0 Å². The molecule has 0 amide bonds. The van der Waals surface area contributed by atoms with Crippen molar-refractivity contribution in [2.45, 2.75) is 18.4 Å². The lowest BCUT2D eigenvalue weighted by Crippen LogP contribution is -2.09. The summed E-state index contributed by atoms with van der Waals surface area (Å²) in [6.07, 6.45) is 0. The summed E-state index contributed by atoms with van der Waals surface area (Å²) in [5, 5.41) is 0. The van der Waals surface area contributed by atoms with Crippen LogP contribution in [0.15, 0.2) is 46.9 Å². The summed E-state index contributed by atoms with van der Waals surface area (Å²) in [6.45, 7) is 1.92. The van der Waals surface area contributed by atoms with Crippen LogP contribution in [0.1, 0.15) is 16.7 Å². The average molecular weight is 354 g/mol. The van der Waals surface area contributed by atoms with Gasteiger partial charge in [-0.25, -0.2) is 8.42 Å². The number of benzene rings is 2. The van der Waals surface area contributed by atoms with Crippen molar-refractivity contribution in [3.8, 4) is 0 Å². The third-order valence-electron chi connectivity index (χ3n) is 3.00. The molecule has 0 fully saturated rings. The van der Waals surface area contributed by atoms with Gasteiger partial charge in [-0.3, -0.25) is 0 Å². The Morgan fingerprint density at radius 1 is 1.10 bits per heavy atom. The van der Waals surface area contributed by atoms with Gasteiger partial charge in [-0.1, -0.05) is 40.2 Å². The maximum atomic E-state index is 12.3. The summed E-state index contributed by atoms with van der Waals surface area (Å²) in [7, 11) is -3.22. The van der Waals surface area contributed by atoms with Crippen LogP contribution >= 0.6 is 15.9 Å². The van der Waals surface area contributed by atoms with Gasteiger partial charge in [-0.05, 0) is 41.8 Å². The standard InChI is InChI=1S/C15H16BrNO2S/c1-11-4-2-3-5-13(11)10-20(18,19)9-12-6-14(16)8-15(17)7-12/h2-8H,9-10,17H2,1H3. The Morgan fingerprint density at radius 2 is 1.80 bits per heavy atom. The minimum atomic E-state index is -3.22. The van der Waals surface area contributed by atoms with Gasteiger partial charge < -0.3 is 5.73 Å². The molecule has 20 heavy (non-hydrogen) atoms. The van der Waals surface area contributed by atoms with Crippen LogP contribution < -0.4 is 5.73 Å². The number of nitrogens with two attached hydrogens (primary N) is 1. The molecule has 0 atom stereocenters. The van der Waals surface area contributed by atoms with Crippen LogP contribution in [-0.2, 0) is 21.3 Å². The maximum Gasteiger partial charge on any atom is 0.158 e. The lowest BCUT2D eigenvalue weighted by atomic mass is 10.1. The summed E-state index contributed by atoms with van der Waals surface area (Å²) >= 11 is 3.32. The highest BCUT2D eigenvalue weighted by Gasteiger charge is 2.15. The van der Waals surface area contributed by atoms with Crippen LogP contribution in [0, 0.1) is 6.92 Å². The molecule has 0 heterocycles. The number of hydrogen-bond acceptors (Lipinski definition) is 3. The quantitative estimate of drug-likeness (QED) is 0.856. The van der Waals surface area contributed by atoms with Gasteiger partial charge in [0, 0.05) is 10.2 Å². The predicted molar refractivity (Wildman–Crippen MR) is 86.1 cm³/mol. The van der Waals surface area contributed by atoms with Gasteiger partial charge in [0.25, 0.3) is 0 Å². The monoisotopic (exact) mass is 353 g/mol. The second-order valence-electron chi connectivity index (χ2n) is 4.85. The number of aryl methyl sites for hydroxylation is 1. The van der Waals surface area contributed by atoms with E-state index >= 15 is 0 Å². The molecule has 2 rings (SSSR count). The molecule has 0 aliphatic carbocycles. The van der Waals surface area contributed by atoms with E-state index in [1.807, 2.05) is 31.2 Å². The normalized spacial score (nSPS) is 11.5. The zero-order valence-corrected chi connectivity index (χ0v) is 13.5. The van der Waals surface area contributed by atoms with E-state index in [2.05, 4.69) is 15.9 Å². The van der Waals surface area contributed by atoms with E-state index in [-0.39, 0.29) is 11.5 Å². The maximum absolute atomic E-state index is 12.3. The third kappa shape index (κ3) is 4.08. The van der Waals surface area contributed by atoms with Crippen LogP contribution in [0.3, 0.4) is 0 Å². The molecule has 106 valence electrons. The largest absolute Gasteiger partial charge is 0.399 e. The molecule has 5 heteroatoms. The molecule has 0 aliphatic rings. The Balaban J connectivity index is 2.21. The molecule has 0 saturated carbocycles. The Hall–Kier alpha value is -1.33. The van der Waals surface area contributed by atoms with E-state index in [9.17, 15) is 8.42 Å². The molecular weight excluding hydrogens is 338 g/mol. The summed E-state index contributed by atoms with van der Waals surface area (Å²) in [6, 6.07) is 12.8. The van der Waals surface area contributed by atoms with Crippen LogP contribution in [0.2, 0.25) is 0 Å². The van der Waals surface area contributed by atoms with Crippen molar-refractivity contribution in [2.24, 2.45) is 0 Å². The van der Waals surface area contributed by atoms with E-state index in [1.165, 1.54) is 0 Å². The van der Waals surface area contributed by atoms with Gasteiger partial charge in [0.2, 0.25) is 0 Å². The molecule has 2 aromatic rings. The molecule has 0 aromatic heterocycles. The number of anilines is 1. The number of sulfone groups is 1. The zero-order chi connectivity index (χ0) is 14.8. The third-order valence-corrected chi connectivity index (χ3v) is 4.98. The summed E-state index contributed by atoms with van der Waals surface area (Å²) in [4.78, 5) is 0. The second-order valence-corrected chi connectivity index (χ2v) is 7.83. The first-order chi connectivity index (χ1) is 9.35. The lowest BCUT2D eigenvalue weighted by Gasteiger charge is -2.08. The van der Waals surface area contributed by atoms with Gasteiger partial charge in [0.15, 0.2) is 9.84 Å². The first-order valence-corrected chi connectivity index (χ1v) is 8.77. The smallest absolute Gasteiger partial charge is 0.158 e. The highest BCUT2D eigenvalue weighted by Crippen LogP contribution is 2.21. The summed E-state index contributed by atoms with van der Waals surface area (Å²) < 4.78 is 25.4. The Kier molecular flexibility index (Phi) is 4.50. The SMILES string of the molecule is Cc1ccccc1CS(=O)(=O)Cc1cc(N)cc(Br)c1. The molecule has 0 unspecified atom stereocenters. The molecule has 0 saturated heterocycles. The Bertz CT molecular complexity index is 706. The minimum absolute atomic E-state index is 0.00895. The lowest BCUT2D eigenvalue weighted by molar-refractivity contribution is 0.594. The molecule has 0 bridgehead atoms. The van der Waals surface area contributed by atoms with Crippen molar-refractivity contribution < 1.29 is 8.42 Å². The molecule has 0 spiro atoms. The molecule has 0 aliphatic heterocycles. The number of halogens is 1. The number of nitrogen functional groups attached to an aromatic ring is 1.